The Morgan fingerprint density at radius 3 is 2.55 bits per heavy atom. The number of rotatable bonds is 5. The Balaban J connectivity index is 1.33. The minimum absolute atomic E-state index is 0.363. The molecule has 0 unspecified atom stereocenters. The highest BCUT2D eigenvalue weighted by atomic mass is 16.5. The fraction of sp³-hybridized carbons (Fsp3) is 0.500. The Morgan fingerprint density at radius 1 is 0.966 bits per heavy atom. The number of methoxy groups -OCH3 is 1. The van der Waals surface area contributed by atoms with Gasteiger partial charge in [-0.05, 0) is 31.0 Å². The van der Waals surface area contributed by atoms with Crippen LogP contribution < -0.4 is 14.7 Å². The Hall–Kier alpha value is -2.94. The highest BCUT2D eigenvalue weighted by Gasteiger charge is 2.23. The van der Waals surface area contributed by atoms with Crippen molar-refractivity contribution in [2.45, 2.75) is 19.4 Å². The number of anilines is 3. The molecule has 0 bridgehead atoms. The summed E-state index contributed by atoms with van der Waals surface area (Å²) in [4.78, 5) is 20.4. The van der Waals surface area contributed by atoms with Crippen LogP contribution in [0, 0.1) is 0 Å². The highest BCUT2D eigenvalue weighted by molar-refractivity contribution is 5.92. The van der Waals surface area contributed by atoms with Crippen molar-refractivity contribution in [1.82, 2.24) is 20.1 Å². The second-order valence-electron chi connectivity index (χ2n) is 7.49. The lowest BCUT2D eigenvalue weighted by molar-refractivity contribution is 0.174. The molecule has 0 atom stereocenters. The summed E-state index contributed by atoms with van der Waals surface area (Å²) in [6, 6.07) is 7.07. The van der Waals surface area contributed by atoms with E-state index in [1.54, 1.807) is 13.4 Å². The number of aromatic nitrogens is 4. The summed E-state index contributed by atoms with van der Waals surface area (Å²) < 4.78 is 10.4. The average molecular weight is 395 g/mol. The summed E-state index contributed by atoms with van der Waals surface area (Å²) in [5.41, 5.74) is 2.21. The van der Waals surface area contributed by atoms with Gasteiger partial charge in [-0.3, -0.25) is 0 Å². The van der Waals surface area contributed by atoms with Crippen LogP contribution in [0.5, 0.6) is 0 Å². The molecule has 0 saturated carbocycles. The molecule has 152 valence electrons. The molecule has 2 fully saturated rings. The second-order valence-corrected chi connectivity index (χ2v) is 7.49. The molecule has 5 rings (SSSR count). The monoisotopic (exact) mass is 395 g/mol. The minimum atomic E-state index is 0.363. The number of hydrogen-bond donors (Lipinski definition) is 0. The average Bonchev–Trinajstić information content (AvgIpc) is 3.46. The van der Waals surface area contributed by atoms with Crippen molar-refractivity contribution in [2.24, 2.45) is 0 Å². The summed E-state index contributed by atoms with van der Waals surface area (Å²) in [6.07, 6.45) is 4.14. The summed E-state index contributed by atoms with van der Waals surface area (Å²) in [7, 11) is 1.62. The molecule has 4 heterocycles. The maximum absolute atomic E-state index is 5.37. The Morgan fingerprint density at radius 2 is 1.76 bits per heavy atom. The third-order valence-electron chi connectivity index (χ3n) is 5.65. The molecule has 2 saturated heterocycles. The van der Waals surface area contributed by atoms with Gasteiger partial charge < -0.3 is 24.0 Å². The van der Waals surface area contributed by atoms with Gasteiger partial charge in [-0.2, -0.15) is 4.98 Å². The molecule has 0 radical (unpaired) electrons. The first-order valence-corrected chi connectivity index (χ1v) is 10.1. The van der Waals surface area contributed by atoms with E-state index in [1.807, 2.05) is 0 Å². The van der Waals surface area contributed by atoms with Gasteiger partial charge in [0, 0.05) is 57.5 Å². The van der Waals surface area contributed by atoms with Crippen LogP contribution in [0.4, 0.5) is 17.5 Å². The zero-order valence-corrected chi connectivity index (χ0v) is 16.6. The van der Waals surface area contributed by atoms with E-state index in [9.17, 15) is 0 Å². The van der Waals surface area contributed by atoms with Crippen molar-refractivity contribution in [2.75, 3.05) is 61.1 Å². The second kappa shape index (κ2) is 7.82. The summed E-state index contributed by atoms with van der Waals surface area (Å²) in [6.45, 7) is 5.95. The van der Waals surface area contributed by atoms with E-state index in [0.717, 1.165) is 56.0 Å². The molecule has 2 aliphatic rings. The van der Waals surface area contributed by atoms with E-state index in [0.29, 0.717) is 18.4 Å². The standard InChI is InChI=1S/C20H25N7O2/c1-28-13-18-23-20(29-24-18)27-10-8-25(9-11-27)15-4-5-17-16(12-15)19(22-14-21-17)26-6-2-3-7-26/h4-5,12,14H,2-3,6-11,13H2,1H3. The predicted molar refractivity (Wildman–Crippen MR) is 110 cm³/mol. The number of fused-ring (bicyclic) bond motifs is 1. The van der Waals surface area contributed by atoms with Crippen molar-refractivity contribution in [3.05, 3.63) is 30.4 Å². The quantitative estimate of drug-likeness (QED) is 0.645. The first kappa shape index (κ1) is 18.1. The molecule has 29 heavy (non-hydrogen) atoms. The molecule has 0 spiro atoms. The topological polar surface area (TPSA) is 83.7 Å². The van der Waals surface area contributed by atoms with E-state index in [4.69, 9.17) is 9.26 Å². The van der Waals surface area contributed by atoms with Crippen molar-refractivity contribution >= 4 is 28.4 Å². The molecule has 0 N–H and O–H groups in total. The van der Waals surface area contributed by atoms with Crippen LogP contribution in [-0.2, 0) is 11.3 Å². The van der Waals surface area contributed by atoms with Crippen LogP contribution >= 0.6 is 0 Å². The summed E-state index contributed by atoms with van der Waals surface area (Å²) >= 11 is 0. The lowest BCUT2D eigenvalue weighted by atomic mass is 10.1. The van der Waals surface area contributed by atoms with Gasteiger partial charge in [0.2, 0.25) is 0 Å². The molecule has 2 aliphatic heterocycles. The van der Waals surface area contributed by atoms with Crippen molar-refractivity contribution in [1.29, 1.82) is 0 Å². The Bertz CT molecular complexity index is 978. The number of ether oxygens (including phenoxy) is 1. The van der Waals surface area contributed by atoms with Gasteiger partial charge in [0.1, 0.15) is 18.8 Å². The van der Waals surface area contributed by atoms with Crippen LogP contribution in [0.25, 0.3) is 10.9 Å². The zero-order chi connectivity index (χ0) is 19.6. The molecule has 0 aliphatic carbocycles. The fourth-order valence-corrected chi connectivity index (χ4v) is 4.13. The van der Waals surface area contributed by atoms with Gasteiger partial charge in [0.05, 0.1) is 5.52 Å². The van der Waals surface area contributed by atoms with Gasteiger partial charge in [-0.15, -0.1) is 0 Å². The van der Waals surface area contributed by atoms with E-state index in [2.05, 4.69) is 53.0 Å². The maximum atomic E-state index is 5.37. The van der Waals surface area contributed by atoms with Gasteiger partial charge in [0.25, 0.3) is 0 Å². The van der Waals surface area contributed by atoms with E-state index in [-0.39, 0.29) is 0 Å². The van der Waals surface area contributed by atoms with Gasteiger partial charge in [0.15, 0.2) is 5.82 Å². The fourth-order valence-electron chi connectivity index (χ4n) is 4.13. The number of benzene rings is 1. The zero-order valence-electron chi connectivity index (χ0n) is 16.6. The van der Waals surface area contributed by atoms with Crippen molar-refractivity contribution in [3.8, 4) is 0 Å². The number of hydrogen-bond acceptors (Lipinski definition) is 9. The van der Waals surface area contributed by atoms with E-state index in [1.165, 1.54) is 18.5 Å². The maximum Gasteiger partial charge on any atom is 0.324 e. The predicted octanol–water partition coefficient (Wildman–Crippen LogP) is 2.09. The molecule has 9 nitrogen and oxygen atoms in total. The van der Waals surface area contributed by atoms with Gasteiger partial charge in [-0.1, -0.05) is 5.16 Å². The first-order chi connectivity index (χ1) is 14.3. The van der Waals surface area contributed by atoms with Crippen LogP contribution in [0.15, 0.2) is 29.0 Å². The normalized spacial score (nSPS) is 17.5. The Labute approximate surface area is 169 Å². The van der Waals surface area contributed by atoms with Crippen molar-refractivity contribution < 1.29 is 9.26 Å². The molecular formula is C20H25N7O2. The molecule has 2 aromatic heterocycles. The van der Waals surface area contributed by atoms with E-state index < -0.39 is 0 Å². The third-order valence-corrected chi connectivity index (χ3v) is 5.65. The molecule has 1 aromatic carbocycles. The molecule has 0 amide bonds. The molecular weight excluding hydrogens is 370 g/mol. The smallest absolute Gasteiger partial charge is 0.324 e. The van der Waals surface area contributed by atoms with Crippen LogP contribution in [-0.4, -0.2) is 66.5 Å². The first-order valence-electron chi connectivity index (χ1n) is 10.1. The van der Waals surface area contributed by atoms with Gasteiger partial charge >= 0.3 is 6.01 Å². The highest BCUT2D eigenvalue weighted by Crippen LogP contribution is 2.30. The lowest BCUT2D eigenvalue weighted by Crippen LogP contribution is -2.46. The molecule has 9 heteroatoms. The van der Waals surface area contributed by atoms with Crippen molar-refractivity contribution in [3.63, 3.8) is 0 Å². The van der Waals surface area contributed by atoms with Crippen LogP contribution in [0.3, 0.4) is 0 Å². The SMILES string of the molecule is COCc1noc(N2CCN(c3ccc4ncnc(N5CCCC5)c4c3)CC2)n1. The number of nitrogens with zero attached hydrogens (tertiary/aromatic N) is 7. The summed E-state index contributed by atoms with van der Waals surface area (Å²) in [5, 5.41) is 5.09. The minimum Gasteiger partial charge on any atom is -0.377 e. The number of piperazine rings is 1. The summed E-state index contributed by atoms with van der Waals surface area (Å²) in [5.74, 6) is 1.64. The van der Waals surface area contributed by atoms with E-state index >= 15 is 0 Å². The third kappa shape index (κ3) is 3.57. The van der Waals surface area contributed by atoms with Crippen LogP contribution in [0.1, 0.15) is 18.7 Å². The largest absolute Gasteiger partial charge is 0.377 e. The molecule has 3 aromatic rings. The Kier molecular flexibility index (Phi) is 4.89. The lowest BCUT2D eigenvalue weighted by Gasteiger charge is -2.35. The van der Waals surface area contributed by atoms with Gasteiger partial charge in [-0.25, -0.2) is 9.97 Å². The van der Waals surface area contributed by atoms with Crippen LogP contribution in [0.2, 0.25) is 0 Å².